The van der Waals surface area contributed by atoms with Crippen molar-refractivity contribution in [3.05, 3.63) is 81.8 Å². The van der Waals surface area contributed by atoms with Gasteiger partial charge in [-0.1, -0.05) is 12.1 Å². The van der Waals surface area contributed by atoms with Crippen molar-refractivity contribution in [1.29, 1.82) is 0 Å². The van der Waals surface area contributed by atoms with Gasteiger partial charge in [-0.25, -0.2) is 8.78 Å². The molecule has 5 nitrogen and oxygen atoms in total. The first-order valence-corrected chi connectivity index (χ1v) is 8.33. The molecule has 1 aliphatic rings. The molecule has 0 atom stereocenters. The number of imidazole rings is 1. The lowest BCUT2D eigenvalue weighted by Crippen LogP contribution is -2.02. The predicted molar refractivity (Wildman–Crippen MR) is 102 cm³/mol. The molecule has 0 fully saturated rings. The van der Waals surface area contributed by atoms with Crippen LogP contribution in [-0.4, -0.2) is 26.6 Å². The summed E-state index contributed by atoms with van der Waals surface area (Å²) in [7, 11) is 0. The molecule has 3 aromatic rings. The molecule has 1 aliphatic heterocycles. The first kappa shape index (κ1) is 17.0. The van der Waals surface area contributed by atoms with Crippen molar-refractivity contribution in [2.24, 2.45) is 10.2 Å². The van der Waals surface area contributed by atoms with E-state index in [9.17, 15) is 13.9 Å². The largest absolute Gasteiger partial charge is 0.493 e. The molecule has 0 spiro atoms. The summed E-state index contributed by atoms with van der Waals surface area (Å²) in [5.74, 6) is -1.11. The SMILES string of the molecule is Oc1c(/C=C2\C=NN=C2c2ccc(F)cc2)[nH]c(=S)n1-c1ccccc1F. The van der Waals surface area contributed by atoms with E-state index in [0.29, 0.717) is 16.8 Å². The third-order valence-electron chi connectivity index (χ3n) is 4.04. The van der Waals surface area contributed by atoms with E-state index >= 15 is 0 Å². The van der Waals surface area contributed by atoms with E-state index in [1.54, 1.807) is 30.3 Å². The highest BCUT2D eigenvalue weighted by atomic mass is 32.1. The standard InChI is InChI=1S/C19H12F2N4OS/c20-13-7-5-11(6-8-13)17-12(10-22-24-17)9-15-18(26)25(19(27)23-15)16-4-2-1-3-14(16)21/h1-10,26H,(H,23,27)/b12-9+. The molecule has 2 aromatic carbocycles. The third-order valence-corrected chi connectivity index (χ3v) is 4.32. The average Bonchev–Trinajstić information content (AvgIpc) is 3.22. The Morgan fingerprint density at radius 3 is 2.56 bits per heavy atom. The van der Waals surface area contributed by atoms with Crippen molar-refractivity contribution >= 4 is 30.2 Å². The monoisotopic (exact) mass is 382 g/mol. The summed E-state index contributed by atoms with van der Waals surface area (Å²) in [5, 5.41) is 18.5. The summed E-state index contributed by atoms with van der Waals surface area (Å²) in [6.07, 6.45) is 3.11. The minimum atomic E-state index is -0.516. The van der Waals surface area contributed by atoms with Crippen LogP contribution in [0.4, 0.5) is 8.78 Å². The predicted octanol–water partition coefficient (Wildman–Crippen LogP) is 4.39. The van der Waals surface area contributed by atoms with Gasteiger partial charge in [-0.2, -0.15) is 5.10 Å². The van der Waals surface area contributed by atoms with E-state index in [1.807, 2.05) is 0 Å². The Morgan fingerprint density at radius 2 is 1.81 bits per heavy atom. The van der Waals surface area contributed by atoms with Gasteiger partial charge in [-0.05, 0) is 54.7 Å². The Balaban J connectivity index is 1.77. The Kier molecular flexibility index (Phi) is 4.25. The van der Waals surface area contributed by atoms with Gasteiger partial charge in [0, 0.05) is 11.1 Å². The number of aromatic nitrogens is 2. The summed E-state index contributed by atoms with van der Waals surface area (Å²) in [6.45, 7) is 0. The Bertz CT molecular complexity index is 1170. The minimum Gasteiger partial charge on any atom is -0.493 e. The fourth-order valence-corrected chi connectivity index (χ4v) is 3.06. The zero-order valence-electron chi connectivity index (χ0n) is 13.7. The summed E-state index contributed by atoms with van der Waals surface area (Å²) >= 11 is 5.23. The molecule has 2 heterocycles. The highest BCUT2D eigenvalue weighted by molar-refractivity contribution is 7.71. The van der Waals surface area contributed by atoms with Gasteiger partial charge in [0.15, 0.2) is 4.77 Å². The van der Waals surface area contributed by atoms with Crippen LogP contribution in [0.3, 0.4) is 0 Å². The van der Waals surface area contributed by atoms with E-state index in [0.717, 1.165) is 0 Å². The van der Waals surface area contributed by atoms with Crippen LogP contribution in [-0.2, 0) is 0 Å². The lowest BCUT2D eigenvalue weighted by Gasteiger charge is -2.05. The van der Waals surface area contributed by atoms with Gasteiger partial charge in [0.2, 0.25) is 5.88 Å². The second kappa shape index (κ2) is 6.73. The van der Waals surface area contributed by atoms with Gasteiger partial charge >= 0.3 is 0 Å². The number of aromatic hydroxyl groups is 1. The number of hydrogen-bond acceptors (Lipinski definition) is 4. The molecule has 0 unspecified atom stereocenters. The number of nitrogens with zero attached hydrogens (tertiary/aromatic N) is 3. The number of rotatable bonds is 3. The summed E-state index contributed by atoms with van der Waals surface area (Å²) in [5.41, 5.74) is 2.20. The van der Waals surface area contributed by atoms with E-state index in [-0.39, 0.29) is 27.8 Å². The van der Waals surface area contributed by atoms with Crippen LogP contribution in [0.25, 0.3) is 11.8 Å². The van der Waals surface area contributed by atoms with Gasteiger partial charge in [0.1, 0.15) is 23.0 Å². The zero-order chi connectivity index (χ0) is 19.0. The molecule has 0 saturated heterocycles. The van der Waals surface area contributed by atoms with Crippen LogP contribution in [0.15, 0.2) is 64.3 Å². The normalized spacial score (nSPS) is 14.7. The maximum absolute atomic E-state index is 14.1. The van der Waals surface area contributed by atoms with Gasteiger partial charge in [0.05, 0.1) is 11.9 Å². The van der Waals surface area contributed by atoms with E-state index < -0.39 is 5.82 Å². The number of nitrogens with one attached hydrogen (secondary N) is 1. The van der Waals surface area contributed by atoms with Crippen molar-refractivity contribution in [2.75, 3.05) is 0 Å². The lowest BCUT2D eigenvalue weighted by atomic mass is 10.0. The Morgan fingerprint density at radius 1 is 1.07 bits per heavy atom. The maximum atomic E-state index is 14.1. The second-order valence-electron chi connectivity index (χ2n) is 5.75. The molecule has 0 bridgehead atoms. The highest BCUT2D eigenvalue weighted by Crippen LogP contribution is 2.27. The molecule has 27 heavy (non-hydrogen) atoms. The molecular formula is C19H12F2N4OS. The number of allylic oxidation sites excluding steroid dienone is 1. The number of halogens is 2. The van der Waals surface area contributed by atoms with Crippen LogP contribution in [0.5, 0.6) is 5.88 Å². The van der Waals surface area contributed by atoms with Gasteiger partial charge in [0.25, 0.3) is 0 Å². The van der Waals surface area contributed by atoms with E-state index in [2.05, 4.69) is 15.2 Å². The molecule has 4 rings (SSSR count). The first-order valence-electron chi connectivity index (χ1n) is 7.92. The number of hydrogen-bond donors (Lipinski definition) is 2. The molecule has 1 aromatic heterocycles. The van der Waals surface area contributed by atoms with Crippen LogP contribution < -0.4 is 0 Å². The summed E-state index contributed by atoms with van der Waals surface area (Å²) in [6, 6.07) is 11.8. The van der Waals surface area contributed by atoms with Crippen LogP contribution in [0, 0.1) is 16.4 Å². The Labute approximate surface area is 157 Å². The smallest absolute Gasteiger partial charge is 0.222 e. The third kappa shape index (κ3) is 3.11. The van der Waals surface area contributed by atoms with Gasteiger partial charge < -0.3 is 10.1 Å². The number of para-hydroxylation sites is 1. The fraction of sp³-hybridized carbons (Fsp3) is 0. The lowest BCUT2D eigenvalue weighted by molar-refractivity contribution is 0.438. The average molecular weight is 382 g/mol. The van der Waals surface area contributed by atoms with Gasteiger partial charge in [-0.15, -0.1) is 5.10 Å². The molecule has 0 radical (unpaired) electrons. The van der Waals surface area contributed by atoms with Crippen LogP contribution in [0.2, 0.25) is 0 Å². The Hall–Kier alpha value is -3.39. The molecule has 2 N–H and O–H groups in total. The van der Waals surface area contributed by atoms with Crippen LogP contribution in [0.1, 0.15) is 11.3 Å². The van der Waals surface area contributed by atoms with Crippen molar-refractivity contribution in [1.82, 2.24) is 9.55 Å². The van der Waals surface area contributed by atoms with Crippen LogP contribution >= 0.6 is 12.2 Å². The first-order chi connectivity index (χ1) is 13.0. The van der Waals surface area contributed by atoms with Crippen molar-refractivity contribution < 1.29 is 13.9 Å². The maximum Gasteiger partial charge on any atom is 0.222 e. The van der Waals surface area contributed by atoms with Crippen molar-refractivity contribution in [3.8, 4) is 11.6 Å². The second-order valence-corrected chi connectivity index (χ2v) is 6.14. The highest BCUT2D eigenvalue weighted by Gasteiger charge is 2.18. The van der Waals surface area contributed by atoms with E-state index in [1.165, 1.54) is 35.0 Å². The fourth-order valence-electron chi connectivity index (χ4n) is 2.76. The van der Waals surface area contributed by atoms with Gasteiger partial charge in [-0.3, -0.25) is 4.57 Å². The topological polar surface area (TPSA) is 65.7 Å². The summed E-state index contributed by atoms with van der Waals surface area (Å²) in [4.78, 5) is 2.85. The number of aromatic amines is 1. The van der Waals surface area contributed by atoms with Crippen molar-refractivity contribution in [2.45, 2.75) is 0 Å². The molecule has 134 valence electrons. The quantitative estimate of drug-likeness (QED) is 0.660. The number of benzene rings is 2. The molecule has 8 heteroatoms. The number of H-pyrrole nitrogens is 1. The molecule has 0 saturated carbocycles. The molecule has 0 amide bonds. The minimum absolute atomic E-state index is 0.133. The zero-order valence-corrected chi connectivity index (χ0v) is 14.5. The van der Waals surface area contributed by atoms with Crippen molar-refractivity contribution in [3.63, 3.8) is 0 Å². The molecular weight excluding hydrogens is 370 g/mol. The van der Waals surface area contributed by atoms with E-state index in [4.69, 9.17) is 12.2 Å². The molecule has 0 aliphatic carbocycles. The summed E-state index contributed by atoms with van der Waals surface area (Å²) < 4.78 is 28.6.